The van der Waals surface area contributed by atoms with Crippen molar-refractivity contribution in [3.05, 3.63) is 33.1 Å². The van der Waals surface area contributed by atoms with Gasteiger partial charge in [-0.3, -0.25) is 23.4 Å². The standard InChI is InChI=1S/C13H21N2O18P3/c16-8-1-2-15(13(21)14-8)12-11(20)10(19)7(31-12)5-30-36(27,29-4-3-28-6-9(17)18)33-35(25,26)32-34(22,23)24/h1-2,7,10-12,19-20H,3-6H2,(H,17,18)(H,25,26)(H,14,16,21)(H2,22,23,24)/t7-,10-,11-,12-,36?/m1/s1. The zero-order chi connectivity index (χ0) is 27.3. The summed E-state index contributed by atoms with van der Waals surface area (Å²) in [6, 6.07) is 0.912. The van der Waals surface area contributed by atoms with E-state index >= 15 is 0 Å². The number of hydrogen-bond acceptors (Lipinski definition) is 14. The van der Waals surface area contributed by atoms with Gasteiger partial charge in [-0.2, -0.15) is 8.62 Å². The molecule has 206 valence electrons. The summed E-state index contributed by atoms with van der Waals surface area (Å²) in [6.45, 7) is -3.21. The predicted octanol–water partition coefficient (Wildman–Crippen LogP) is -2.38. The predicted molar refractivity (Wildman–Crippen MR) is 109 cm³/mol. The Morgan fingerprint density at radius 2 is 1.72 bits per heavy atom. The van der Waals surface area contributed by atoms with Crippen LogP contribution in [0.25, 0.3) is 0 Å². The van der Waals surface area contributed by atoms with Gasteiger partial charge < -0.3 is 39.5 Å². The van der Waals surface area contributed by atoms with Crippen LogP contribution in [0.3, 0.4) is 0 Å². The number of aromatic amines is 1. The minimum absolute atomic E-state index is 0.573. The maximum atomic E-state index is 12.8. The Morgan fingerprint density at radius 3 is 2.31 bits per heavy atom. The van der Waals surface area contributed by atoms with Crippen molar-refractivity contribution < 1.29 is 75.6 Å². The molecule has 0 radical (unpaired) electrons. The number of aliphatic carboxylic acids is 1. The number of aliphatic hydroxyl groups excluding tert-OH is 2. The molecule has 0 spiro atoms. The molecule has 0 amide bonds. The van der Waals surface area contributed by atoms with Crippen LogP contribution < -0.4 is 11.2 Å². The molecule has 20 nitrogen and oxygen atoms in total. The highest BCUT2D eigenvalue weighted by Gasteiger charge is 2.47. The highest BCUT2D eigenvalue weighted by Crippen LogP contribution is 2.68. The van der Waals surface area contributed by atoms with Gasteiger partial charge in [0.25, 0.3) is 5.56 Å². The van der Waals surface area contributed by atoms with Crippen LogP contribution in [-0.2, 0) is 45.6 Å². The van der Waals surface area contributed by atoms with Crippen molar-refractivity contribution in [2.24, 2.45) is 0 Å². The minimum atomic E-state index is -5.81. The van der Waals surface area contributed by atoms with Crippen LogP contribution in [0.5, 0.6) is 0 Å². The van der Waals surface area contributed by atoms with Gasteiger partial charge in [0.15, 0.2) is 6.23 Å². The number of aliphatic hydroxyl groups is 2. The van der Waals surface area contributed by atoms with E-state index in [2.05, 4.69) is 17.9 Å². The van der Waals surface area contributed by atoms with Crippen LogP contribution in [0.4, 0.5) is 0 Å². The first-order valence-electron chi connectivity index (χ1n) is 9.35. The fraction of sp³-hybridized carbons (Fsp3) is 0.615. The van der Waals surface area contributed by atoms with E-state index in [0.717, 1.165) is 12.3 Å². The number of phosphoric acid groups is 3. The van der Waals surface area contributed by atoms with Gasteiger partial charge in [0.1, 0.15) is 24.9 Å². The molecule has 1 fully saturated rings. The Bertz CT molecular complexity index is 1180. The first-order chi connectivity index (χ1) is 16.5. The second kappa shape index (κ2) is 12.3. The average Bonchev–Trinajstić information content (AvgIpc) is 2.98. The van der Waals surface area contributed by atoms with Crippen molar-refractivity contribution in [3.63, 3.8) is 0 Å². The first-order valence-corrected chi connectivity index (χ1v) is 13.8. The highest BCUT2D eigenvalue weighted by molar-refractivity contribution is 7.66. The van der Waals surface area contributed by atoms with Crippen LogP contribution in [0, 0.1) is 0 Å². The molecule has 1 aliphatic rings. The molecule has 23 heteroatoms. The second-order valence-electron chi connectivity index (χ2n) is 6.71. The lowest BCUT2D eigenvalue weighted by molar-refractivity contribution is -0.142. The molecular formula is C13H21N2O18P3. The van der Waals surface area contributed by atoms with Crippen LogP contribution >= 0.6 is 23.5 Å². The summed E-state index contributed by atoms with van der Waals surface area (Å²) in [6.07, 6.45) is -5.86. The summed E-state index contributed by atoms with van der Waals surface area (Å²) in [5, 5.41) is 28.9. The van der Waals surface area contributed by atoms with Crippen LogP contribution in [0.15, 0.2) is 21.9 Å². The Hall–Kier alpha value is -1.60. The lowest BCUT2D eigenvalue weighted by atomic mass is 10.1. The second-order valence-corrected chi connectivity index (χ2v) is 11.3. The maximum absolute atomic E-state index is 12.8. The van der Waals surface area contributed by atoms with Crippen LogP contribution in [0.2, 0.25) is 0 Å². The quantitative estimate of drug-likeness (QED) is 0.0884. The summed E-state index contributed by atoms with van der Waals surface area (Å²) < 4.78 is 63.1. The van der Waals surface area contributed by atoms with Crippen molar-refractivity contribution in [1.82, 2.24) is 9.55 Å². The number of ether oxygens (including phenoxy) is 2. The van der Waals surface area contributed by atoms with E-state index in [1.165, 1.54) is 0 Å². The van der Waals surface area contributed by atoms with Crippen LogP contribution in [-0.4, -0.2) is 90.3 Å². The van der Waals surface area contributed by atoms with E-state index in [-0.39, 0.29) is 0 Å². The zero-order valence-corrected chi connectivity index (χ0v) is 20.3. The highest BCUT2D eigenvalue weighted by atomic mass is 31.3. The van der Waals surface area contributed by atoms with Crippen molar-refractivity contribution in [3.8, 4) is 0 Å². The lowest BCUT2D eigenvalue weighted by Gasteiger charge is -2.22. The van der Waals surface area contributed by atoms with Gasteiger partial charge in [-0.1, -0.05) is 0 Å². The van der Waals surface area contributed by atoms with E-state index in [1.54, 1.807) is 0 Å². The molecule has 7 N–H and O–H groups in total. The average molecular weight is 586 g/mol. The first kappa shape index (κ1) is 30.6. The summed E-state index contributed by atoms with van der Waals surface area (Å²) in [5.74, 6) is -1.37. The van der Waals surface area contributed by atoms with Gasteiger partial charge in [0.05, 0.1) is 19.8 Å². The van der Waals surface area contributed by atoms with Gasteiger partial charge in [0.2, 0.25) is 0 Å². The van der Waals surface area contributed by atoms with Gasteiger partial charge in [-0.05, 0) is 0 Å². The molecule has 0 aliphatic carbocycles. The monoisotopic (exact) mass is 586 g/mol. The topological polar surface area (TPSA) is 300 Å². The SMILES string of the molecule is O=C(O)COCCOP(=O)(OC[C@H]1O[C@@H](n2ccc(=O)[nH]c2=O)[C@H](O)[C@@H]1O)OP(=O)(O)OP(=O)(O)O. The number of aromatic nitrogens is 2. The molecule has 1 aromatic heterocycles. The third kappa shape index (κ3) is 9.37. The fourth-order valence-corrected chi connectivity index (χ4v) is 6.17. The lowest BCUT2D eigenvalue weighted by Crippen LogP contribution is -2.37. The van der Waals surface area contributed by atoms with E-state index in [9.17, 15) is 43.2 Å². The number of nitrogens with one attached hydrogen (secondary N) is 1. The maximum Gasteiger partial charge on any atom is 0.490 e. The Morgan fingerprint density at radius 1 is 1.06 bits per heavy atom. The summed E-state index contributed by atoms with van der Waals surface area (Å²) in [7, 11) is -16.7. The zero-order valence-electron chi connectivity index (χ0n) is 17.7. The van der Waals surface area contributed by atoms with E-state index < -0.39 is 91.7 Å². The van der Waals surface area contributed by atoms with E-state index in [1.807, 2.05) is 4.98 Å². The summed E-state index contributed by atoms with van der Waals surface area (Å²) >= 11 is 0. The third-order valence-corrected chi connectivity index (χ3v) is 8.24. The molecule has 2 unspecified atom stereocenters. The number of nitrogens with zero attached hydrogens (tertiary/aromatic N) is 1. The number of carboxylic acid groups (broad SMARTS) is 1. The van der Waals surface area contributed by atoms with Gasteiger partial charge in [0, 0.05) is 12.3 Å². The Labute approximate surface area is 199 Å². The van der Waals surface area contributed by atoms with Crippen molar-refractivity contribution in [1.29, 1.82) is 0 Å². The largest absolute Gasteiger partial charge is 0.490 e. The van der Waals surface area contributed by atoms with E-state index in [0.29, 0.717) is 4.57 Å². The molecular weight excluding hydrogens is 565 g/mol. The third-order valence-electron chi connectivity index (χ3n) is 3.97. The molecule has 6 atom stereocenters. The molecule has 2 heterocycles. The molecule has 1 aliphatic heterocycles. The van der Waals surface area contributed by atoms with Crippen molar-refractivity contribution >= 4 is 29.4 Å². The molecule has 0 aromatic carbocycles. The summed E-state index contributed by atoms with van der Waals surface area (Å²) in [4.78, 5) is 62.3. The molecule has 1 aromatic rings. The number of hydrogen-bond donors (Lipinski definition) is 7. The normalized spacial score (nSPS) is 25.8. The van der Waals surface area contributed by atoms with Crippen molar-refractivity contribution in [2.75, 3.05) is 26.4 Å². The van der Waals surface area contributed by atoms with Crippen LogP contribution in [0.1, 0.15) is 6.23 Å². The van der Waals surface area contributed by atoms with Gasteiger partial charge >= 0.3 is 35.1 Å². The number of rotatable bonds is 14. The molecule has 2 rings (SSSR count). The molecule has 1 saturated heterocycles. The Balaban J connectivity index is 2.14. The fourth-order valence-electron chi connectivity index (χ4n) is 2.62. The Kier molecular flexibility index (Phi) is 10.5. The number of carboxylic acids is 1. The smallest absolute Gasteiger partial charge is 0.480 e. The summed E-state index contributed by atoms with van der Waals surface area (Å²) in [5.41, 5.74) is -1.78. The molecule has 36 heavy (non-hydrogen) atoms. The number of carbonyl (C=O) groups is 1. The van der Waals surface area contributed by atoms with Gasteiger partial charge in [-0.15, -0.1) is 0 Å². The minimum Gasteiger partial charge on any atom is -0.480 e. The molecule has 0 bridgehead atoms. The van der Waals surface area contributed by atoms with Gasteiger partial charge in [-0.25, -0.2) is 23.3 Å². The molecule has 0 saturated carbocycles. The van der Waals surface area contributed by atoms with Crippen molar-refractivity contribution in [2.45, 2.75) is 24.5 Å². The number of phosphoric ester groups is 1. The van der Waals surface area contributed by atoms with E-state index in [4.69, 9.17) is 24.2 Å². The number of H-pyrrole nitrogens is 1.